The van der Waals surface area contributed by atoms with E-state index >= 15 is 0 Å². The highest BCUT2D eigenvalue weighted by molar-refractivity contribution is 5.64. The topological polar surface area (TPSA) is 109 Å². The van der Waals surface area contributed by atoms with Gasteiger partial charge in [-0.05, 0) is 41.8 Å². The van der Waals surface area contributed by atoms with Crippen molar-refractivity contribution < 1.29 is 34.6 Å². The SMILES string of the molecule is CCCCCCCCCOc1ccc(-c2ccc(O[C@@H]3O[C@H](CO)[C@@H](O)[C@H](O)[C@H]3O)cc2)cc1. The van der Waals surface area contributed by atoms with Crippen LogP contribution in [0.5, 0.6) is 11.5 Å². The first-order valence-electron chi connectivity index (χ1n) is 12.3. The molecular formula is C27H38O7. The minimum absolute atomic E-state index is 0.433. The predicted octanol–water partition coefficient (Wildman–Crippen LogP) is 3.66. The first-order chi connectivity index (χ1) is 16.5. The number of unbranched alkanes of at least 4 members (excludes halogenated alkanes) is 6. The number of ether oxygens (including phenoxy) is 3. The number of hydrogen-bond donors (Lipinski definition) is 4. The van der Waals surface area contributed by atoms with Gasteiger partial charge in [-0.3, -0.25) is 0 Å². The Bertz CT molecular complexity index is 822. The van der Waals surface area contributed by atoms with Gasteiger partial charge in [0, 0.05) is 0 Å². The second kappa shape index (κ2) is 13.7. The molecule has 0 saturated carbocycles. The molecule has 7 heteroatoms. The van der Waals surface area contributed by atoms with Crippen LogP contribution in [0.1, 0.15) is 51.9 Å². The Morgan fingerprint density at radius 3 is 1.85 bits per heavy atom. The highest BCUT2D eigenvalue weighted by atomic mass is 16.7. The average Bonchev–Trinajstić information content (AvgIpc) is 2.87. The maximum Gasteiger partial charge on any atom is 0.229 e. The third-order valence-corrected chi connectivity index (χ3v) is 6.16. The summed E-state index contributed by atoms with van der Waals surface area (Å²) in [6.07, 6.45) is 2.28. The molecule has 0 aromatic heterocycles. The predicted molar refractivity (Wildman–Crippen MR) is 130 cm³/mol. The van der Waals surface area contributed by atoms with Gasteiger partial charge in [-0.1, -0.05) is 69.7 Å². The minimum atomic E-state index is -1.47. The van der Waals surface area contributed by atoms with Crippen molar-refractivity contribution >= 4 is 0 Å². The lowest BCUT2D eigenvalue weighted by molar-refractivity contribution is -0.277. The van der Waals surface area contributed by atoms with Gasteiger partial charge in [-0.15, -0.1) is 0 Å². The van der Waals surface area contributed by atoms with E-state index in [9.17, 15) is 20.4 Å². The Morgan fingerprint density at radius 1 is 0.706 bits per heavy atom. The number of benzene rings is 2. The third-order valence-electron chi connectivity index (χ3n) is 6.16. The molecule has 0 bridgehead atoms. The lowest BCUT2D eigenvalue weighted by atomic mass is 9.99. The van der Waals surface area contributed by atoms with E-state index < -0.39 is 37.3 Å². The highest BCUT2D eigenvalue weighted by Crippen LogP contribution is 2.28. The fourth-order valence-corrected chi connectivity index (χ4v) is 4.02. The van der Waals surface area contributed by atoms with E-state index in [1.807, 2.05) is 36.4 Å². The zero-order valence-corrected chi connectivity index (χ0v) is 19.9. The van der Waals surface area contributed by atoms with E-state index in [1.54, 1.807) is 12.1 Å². The van der Waals surface area contributed by atoms with Gasteiger partial charge in [-0.2, -0.15) is 0 Å². The molecule has 1 saturated heterocycles. The largest absolute Gasteiger partial charge is 0.494 e. The van der Waals surface area contributed by atoms with Crippen LogP contribution in [0.2, 0.25) is 0 Å². The maximum atomic E-state index is 10.1. The van der Waals surface area contributed by atoms with Crippen molar-refractivity contribution in [2.75, 3.05) is 13.2 Å². The van der Waals surface area contributed by atoms with Crippen LogP contribution in [-0.4, -0.2) is 64.3 Å². The van der Waals surface area contributed by atoms with Gasteiger partial charge in [-0.25, -0.2) is 0 Å². The lowest BCUT2D eigenvalue weighted by Gasteiger charge is -2.39. The fourth-order valence-electron chi connectivity index (χ4n) is 4.02. The van der Waals surface area contributed by atoms with Gasteiger partial charge in [0.2, 0.25) is 6.29 Å². The molecule has 0 amide bonds. The molecule has 1 aliphatic rings. The van der Waals surface area contributed by atoms with Gasteiger partial charge < -0.3 is 34.6 Å². The molecular weight excluding hydrogens is 436 g/mol. The van der Waals surface area contributed by atoms with Crippen molar-refractivity contribution in [2.24, 2.45) is 0 Å². The summed E-state index contributed by atoms with van der Waals surface area (Å²) in [4.78, 5) is 0. The zero-order chi connectivity index (χ0) is 24.3. The van der Waals surface area contributed by atoms with Gasteiger partial charge in [0.25, 0.3) is 0 Å². The van der Waals surface area contributed by atoms with Crippen LogP contribution in [0, 0.1) is 0 Å². The van der Waals surface area contributed by atoms with Crippen molar-refractivity contribution in [3.05, 3.63) is 48.5 Å². The van der Waals surface area contributed by atoms with Crippen LogP contribution < -0.4 is 9.47 Å². The van der Waals surface area contributed by atoms with Crippen molar-refractivity contribution in [1.29, 1.82) is 0 Å². The van der Waals surface area contributed by atoms with Crippen molar-refractivity contribution in [1.82, 2.24) is 0 Å². The molecule has 1 aliphatic heterocycles. The molecule has 5 atom stereocenters. The number of aliphatic hydroxyl groups is 4. The number of hydrogen-bond acceptors (Lipinski definition) is 7. The van der Waals surface area contributed by atoms with Crippen LogP contribution in [0.4, 0.5) is 0 Å². The Labute approximate surface area is 201 Å². The molecule has 0 aliphatic carbocycles. The van der Waals surface area contributed by atoms with E-state index in [2.05, 4.69) is 6.92 Å². The molecule has 1 heterocycles. The van der Waals surface area contributed by atoms with Crippen molar-refractivity contribution in [2.45, 2.75) is 82.6 Å². The zero-order valence-electron chi connectivity index (χ0n) is 19.9. The summed E-state index contributed by atoms with van der Waals surface area (Å²) in [5.74, 6) is 1.29. The summed E-state index contributed by atoms with van der Waals surface area (Å²) >= 11 is 0. The highest BCUT2D eigenvalue weighted by Gasteiger charge is 2.44. The molecule has 2 aromatic rings. The molecule has 2 aromatic carbocycles. The quantitative estimate of drug-likeness (QED) is 0.328. The molecule has 4 N–H and O–H groups in total. The molecule has 0 spiro atoms. The van der Waals surface area contributed by atoms with E-state index in [0.29, 0.717) is 5.75 Å². The van der Waals surface area contributed by atoms with Crippen LogP contribution in [-0.2, 0) is 4.74 Å². The van der Waals surface area contributed by atoms with E-state index in [0.717, 1.165) is 29.9 Å². The monoisotopic (exact) mass is 474 g/mol. The first kappa shape index (κ1) is 26.4. The normalized spacial score (nSPS) is 24.7. The summed E-state index contributed by atoms with van der Waals surface area (Å²) in [6.45, 7) is 2.47. The second-order valence-corrected chi connectivity index (χ2v) is 8.83. The van der Waals surface area contributed by atoms with Crippen LogP contribution >= 0.6 is 0 Å². The smallest absolute Gasteiger partial charge is 0.229 e. The van der Waals surface area contributed by atoms with Crippen molar-refractivity contribution in [3.8, 4) is 22.6 Å². The molecule has 7 nitrogen and oxygen atoms in total. The molecule has 1 fully saturated rings. The number of rotatable bonds is 13. The molecule has 34 heavy (non-hydrogen) atoms. The van der Waals surface area contributed by atoms with Crippen LogP contribution in [0.3, 0.4) is 0 Å². The summed E-state index contributed by atoms with van der Waals surface area (Å²) < 4.78 is 16.9. The molecule has 0 radical (unpaired) electrons. The van der Waals surface area contributed by atoms with Crippen molar-refractivity contribution in [3.63, 3.8) is 0 Å². The lowest BCUT2D eigenvalue weighted by Crippen LogP contribution is -2.60. The second-order valence-electron chi connectivity index (χ2n) is 8.83. The Balaban J connectivity index is 1.46. The van der Waals surface area contributed by atoms with E-state index in [1.165, 1.54) is 38.5 Å². The average molecular weight is 475 g/mol. The summed E-state index contributed by atoms with van der Waals surface area (Å²) in [6, 6.07) is 15.2. The Kier molecular flexibility index (Phi) is 10.6. The summed E-state index contributed by atoms with van der Waals surface area (Å²) in [7, 11) is 0. The first-order valence-corrected chi connectivity index (χ1v) is 12.3. The number of aliphatic hydroxyl groups excluding tert-OH is 4. The van der Waals surface area contributed by atoms with Gasteiger partial charge >= 0.3 is 0 Å². The summed E-state index contributed by atoms with van der Waals surface area (Å²) in [5.41, 5.74) is 2.02. The summed E-state index contributed by atoms with van der Waals surface area (Å²) in [5, 5.41) is 39.2. The van der Waals surface area contributed by atoms with E-state index in [4.69, 9.17) is 14.2 Å². The van der Waals surface area contributed by atoms with Crippen LogP contribution in [0.15, 0.2) is 48.5 Å². The Hall–Kier alpha value is -2.16. The molecule has 188 valence electrons. The van der Waals surface area contributed by atoms with Gasteiger partial charge in [0.15, 0.2) is 0 Å². The van der Waals surface area contributed by atoms with Gasteiger partial charge in [0.05, 0.1) is 13.2 Å². The van der Waals surface area contributed by atoms with Gasteiger partial charge in [0.1, 0.15) is 35.9 Å². The third kappa shape index (κ3) is 7.42. The maximum absolute atomic E-state index is 10.1. The molecule has 3 rings (SSSR count). The van der Waals surface area contributed by atoms with Crippen LogP contribution in [0.25, 0.3) is 11.1 Å². The van der Waals surface area contributed by atoms with E-state index in [-0.39, 0.29) is 0 Å². The standard InChI is InChI=1S/C27H38O7/c1-2-3-4-5-6-7-8-17-32-21-13-9-19(10-14-21)20-11-15-22(16-12-20)33-27-26(31)25(30)24(29)23(18-28)34-27/h9-16,23-31H,2-8,17-18H2,1H3/t23-,24-,25+,26-,27-/m1/s1. The Morgan fingerprint density at radius 2 is 1.26 bits per heavy atom. The fraction of sp³-hybridized carbons (Fsp3) is 0.556. The molecule has 0 unspecified atom stereocenters. The minimum Gasteiger partial charge on any atom is -0.494 e.